The first kappa shape index (κ1) is 19.0. The van der Waals surface area contributed by atoms with Crippen molar-refractivity contribution >= 4 is 28.6 Å². The molecule has 9 nitrogen and oxygen atoms in total. The molecule has 29 heavy (non-hydrogen) atoms. The molecule has 0 bridgehead atoms. The molecule has 152 valence electrons. The van der Waals surface area contributed by atoms with Crippen molar-refractivity contribution in [2.24, 2.45) is 13.0 Å². The van der Waals surface area contributed by atoms with Crippen LogP contribution < -0.4 is 20.9 Å². The van der Waals surface area contributed by atoms with E-state index in [4.69, 9.17) is 4.74 Å². The van der Waals surface area contributed by atoms with Gasteiger partial charge < -0.3 is 14.2 Å². The zero-order valence-electron chi connectivity index (χ0n) is 16.9. The van der Waals surface area contributed by atoms with E-state index in [1.54, 1.807) is 14.2 Å². The molecular formula is C20H23N5O4. The normalized spacial score (nSPS) is 16.1. The highest BCUT2D eigenvalue weighted by Gasteiger charge is 2.30. The number of imidazole rings is 1. The molecule has 0 aliphatic carbocycles. The van der Waals surface area contributed by atoms with Gasteiger partial charge in [0.15, 0.2) is 11.2 Å². The zero-order valence-corrected chi connectivity index (χ0v) is 16.9. The summed E-state index contributed by atoms with van der Waals surface area (Å²) in [6.07, 6.45) is 0. The first-order valence-corrected chi connectivity index (χ1v) is 9.43. The van der Waals surface area contributed by atoms with E-state index in [0.717, 1.165) is 22.5 Å². The van der Waals surface area contributed by atoms with Crippen molar-refractivity contribution in [2.45, 2.75) is 26.9 Å². The van der Waals surface area contributed by atoms with Gasteiger partial charge in [0.1, 0.15) is 11.5 Å². The van der Waals surface area contributed by atoms with E-state index < -0.39 is 11.2 Å². The number of anilines is 2. The summed E-state index contributed by atoms with van der Waals surface area (Å²) in [4.78, 5) is 44.0. The number of hydrogen-bond acceptors (Lipinski definition) is 6. The van der Waals surface area contributed by atoms with Crippen LogP contribution in [0.4, 0.5) is 11.6 Å². The topological polar surface area (TPSA) is 91.4 Å². The number of methoxy groups -OCH3 is 1. The highest BCUT2D eigenvalue weighted by atomic mass is 16.5. The molecule has 1 unspecified atom stereocenters. The standard InChI is InChI=1S/C20H23N5O4/c1-12-9-23(14-5-7-15(29-4)8-6-14)19-21-17-16(24(19)10-12)18(27)25(11-13(2)26)20(28)22(17)3/h5-8,12H,9-11H2,1-4H3. The molecule has 1 aromatic carbocycles. The molecule has 0 radical (unpaired) electrons. The Kier molecular flexibility index (Phi) is 4.52. The fraction of sp³-hybridized carbons (Fsp3) is 0.400. The maximum atomic E-state index is 13.1. The number of Topliss-reactive ketones (excluding diaryl/α,β-unsaturated/α-hetero) is 1. The van der Waals surface area contributed by atoms with Gasteiger partial charge >= 0.3 is 5.69 Å². The summed E-state index contributed by atoms with van der Waals surface area (Å²) >= 11 is 0. The lowest BCUT2D eigenvalue weighted by atomic mass is 10.1. The number of aromatic nitrogens is 4. The largest absolute Gasteiger partial charge is 0.497 e. The average Bonchev–Trinajstić information content (AvgIpc) is 3.08. The van der Waals surface area contributed by atoms with Crippen LogP contribution in [-0.2, 0) is 24.9 Å². The molecule has 1 atom stereocenters. The molecule has 0 saturated heterocycles. The van der Waals surface area contributed by atoms with Gasteiger partial charge in [-0.25, -0.2) is 4.79 Å². The van der Waals surface area contributed by atoms with Crippen LogP contribution in [0, 0.1) is 5.92 Å². The third kappa shape index (κ3) is 3.02. The smallest absolute Gasteiger partial charge is 0.332 e. The van der Waals surface area contributed by atoms with Crippen molar-refractivity contribution in [3.8, 4) is 5.75 Å². The van der Waals surface area contributed by atoms with Gasteiger partial charge in [-0.3, -0.25) is 18.7 Å². The molecule has 9 heteroatoms. The Morgan fingerprint density at radius 2 is 1.90 bits per heavy atom. The second-order valence-corrected chi connectivity index (χ2v) is 7.54. The number of fused-ring (bicyclic) bond motifs is 3. The molecular weight excluding hydrogens is 374 g/mol. The van der Waals surface area contributed by atoms with Crippen LogP contribution in [-0.4, -0.2) is 38.1 Å². The molecule has 0 spiro atoms. The summed E-state index contributed by atoms with van der Waals surface area (Å²) in [6.45, 7) is 4.54. The Bertz CT molecular complexity index is 1220. The third-order valence-corrected chi connectivity index (χ3v) is 5.21. The van der Waals surface area contributed by atoms with E-state index in [1.165, 1.54) is 11.5 Å². The van der Waals surface area contributed by atoms with Gasteiger partial charge in [-0.1, -0.05) is 6.92 Å². The minimum Gasteiger partial charge on any atom is -0.497 e. The molecule has 1 aliphatic heterocycles. The van der Waals surface area contributed by atoms with E-state index in [-0.39, 0.29) is 18.2 Å². The van der Waals surface area contributed by atoms with E-state index >= 15 is 0 Å². The van der Waals surface area contributed by atoms with Gasteiger partial charge in [-0.2, -0.15) is 4.98 Å². The summed E-state index contributed by atoms with van der Waals surface area (Å²) in [5, 5.41) is 0. The molecule has 1 aliphatic rings. The third-order valence-electron chi connectivity index (χ3n) is 5.21. The van der Waals surface area contributed by atoms with Gasteiger partial charge in [0, 0.05) is 25.8 Å². The van der Waals surface area contributed by atoms with E-state index in [2.05, 4.69) is 11.9 Å². The van der Waals surface area contributed by atoms with Crippen molar-refractivity contribution in [1.82, 2.24) is 18.7 Å². The Morgan fingerprint density at radius 3 is 2.52 bits per heavy atom. The number of hydrogen-bond donors (Lipinski definition) is 0. The average molecular weight is 397 g/mol. The first-order chi connectivity index (χ1) is 13.8. The number of benzene rings is 1. The van der Waals surface area contributed by atoms with Crippen LogP contribution >= 0.6 is 0 Å². The number of nitrogens with zero attached hydrogens (tertiary/aromatic N) is 5. The lowest BCUT2D eigenvalue weighted by Gasteiger charge is -2.33. The Balaban J connectivity index is 1.96. The number of carbonyl (C=O) groups excluding carboxylic acids is 1. The Morgan fingerprint density at radius 1 is 1.21 bits per heavy atom. The van der Waals surface area contributed by atoms with E-state index in [0.29, 0.717) is 23.7 Å². The highest BCUT2D eigenvalue weighted by Crippen LogP contribution is 2.33. The van der Waals surface area contributed by atoms with Crippen molar-refractivity contribution in [3.63, 3.8) is 0 Å². The second-order valence-electron chi connectivity index (χ2n) is 7.54. The molecule has 2 aromatic heterocycles. The monoisotopic (exact) mass is 397 g/mol. The first-order valence-electron chi connectivity index (χ1n) is 9.43. The lowest BCUT2D eigenvalue weighted by Crippen LogP contribution is -2.41. The van der Waals surface area contributed by atoms with Crippen molar-refractivity contribution in [2.75, 3.05) is 18.6 Å². The van der Waals surface area contributed by atoms with Gasteiger partial charge in [0.05, 0.1) is 13.7 Å². The minimum atomic E-state index is -0.544. The number of rotatable bonds is 4. The van der Waals surface area contributed by atoms with Crippen molar-refractivity contribution < 1.29 is 9.53 Å². The number of carbonyl (C=O) groups is 1. The van der Waals surface area contributed by atoms with Crippen molar-refractivity contribution in [1.29, 1.82) is 0 Å². The van der Waals surface area contributed by atoms with E-state index in [1.807, 2.05) is 33.7 Å². The zero-order chi connectivity index (χ0) is 20.9. The maximum absolute atomic E-state index is 13.1. The lowest BCUT2D eigenvalue weighted by molar-refractivity contribution is -0.117. The molecule has 0 fully saturated rings. The van der Waals surface area contributed by atoms with Crippen molar-refractivity contribution in [3.05, 3.63) is 45.1 Å². The molecule has 3 heterocycles. The minimum absolute atomic E-state index is 0.250. The van der Waals surface area contributed by atoms with E-state index in [9.17, 15) is 14.4 Å². The van der Waals surface area contributed by atoms with Crippen LogP contribution in [0.15, 0.2) is 33.9 Å². The fourth-order valence-electron chi connectivity index (χ4n) is 3.85. The van der Waals surface area contributed by atoms with Crippen LogP contribution in [0.25, 0.3) is 11.2 Å². The number of aryl methyl sites for hydroxylation is 1. The molecule has 4 rings (SSSR count). The SMILES string of the molecule is COc1ccc(N2CC(C)Cn3c2nc2c3c(=O)n(CC(C)=O)c(=O)n2C)cc1. The summed E-state index contributed by atoms with van der Waals surface area (Å²) in [7, 11) is 3.19. The fourth-order valence-corrected chi connectivity index (χ4v) is 3.85. The van der Waals surface area contributed by atoms with Gasteiger partial charge in [-0.15, -0.1) is 0 Å². The molecule has 0 amide bonds. The van der Waals surface area contributed by atoms with Crippen LogP contribution in [0.5, 0.6) is 5.75 Å². The van der Waals surface area contributed by atoms with Gasteiger partial charge in [0.2, 0.25) is 5.95 Å². The maximum Gasteiger partial charge on any atom is 0.332 e. The summed E-state index contributed by atoms with van der Waals surface area (Å²) in [6, 6.07) is 7.62. The quantitative estimate of drug-likeness (QED) is 0.659. The Labute approximate surface area is 166 Å². The van der Waals surface area contributed by atoms with Crippen LogP contribution in [0.1, 0.15) is 13.8 Å². The Hall–Kier alpha value is -3.36. The summed E-state index contributed by atoms with van der Waals surface area (Å²) in [5.74, 6) is 1.35. The highest BCUT2D eigenvalue weighted by molar-refractivity contribution is 5.78. The van der Waals surface area contributed by atoms with Gasteiger partial charge in [-0.05, 0) is 37.1 Å². The summed E-state index contributed by atoms with van der Waals surface area (Å²) < 4.78 is 9.41. The number of ether oxygens (including phenoxy) is 1. The predicted molar refractivity (Wildman–Crippen MR) is 109 cm³/mol. The van der Waals surface area contributed by atoms with Crippen LogP contribution in [0.3, 0.4) is 0 Å². The predicted octanol–water partition coefficient (Wildman–Crippen LogP) is 1.28. The van der Waals surface area contributed by atoms with Gasteiger partial charge in [0.25, 0.3) is 5.56 Å². The van der Waals surface area contributed by atoms with Crippen LogP contribution in [0.2, 0.25) is 0 Å². The molecule has 0 N–H and O–H groups in total. The number of ketones is 1. The summed E-state index contributed by atoms with van der Waals surface area (Å²) in [5.41, 5.74) is 0.553. The molecule has 3 aromatic rings. The molecule has 0 saturated carbocycles. The second kappa shape index (κ2) is 6.91.